The maximum atomic E-state index is 10.7. The largest absolute Gasteiger partial charge is 0.508 e. The third-order valence-electron chi connectivity index (χ3n) is 5.13. The molecule has 0 aliphatic carbocycles. The van der Waals surface area contributed by atoms with Gasteiger partial charge in [0.2, 0.25) is 0 Å². The lowest BCUT2D eigenvalue weighted by molar-refractivity contribution is -0.0682. The van der Waals surface area contributed by atoms with Crippen LogP contribution in [0.1, 0.15) is 11.7 Å². The number of benzene rings is 2. The van der Waals surface area contributed by atoms with E-state index in [0.717, 1.165) is 31.7 Å². The molecule has 2 aliphatic rings. The summed E-state index contributed by atoms with van der Waals surface area (Å²) in [5.41, 5.74) is 0.820. The van der Waals surface area contributed by atoms with E-state index in [0.29, 0.717) is 37.9 Å². The van der Waals surface area contributed by atoms with Crippen LogP contribution in [0, 0.1) is 0 Å². The summed E-state index contributed by atoms with van der Waals surface area (Å²) < 4.78 is 17.0. The minimum absolute atomic E-state index is 0.0591. The van der Waals surface area contributed by atoms with Crippen molar-refractivity contribution >= 4 is 0 Å². The van der Waals surface area contributed by atoms with E-state index in [1.54, 1.807) is 36.4 Å². The van der Waals surface area contributed by atoms with Crippen LogP contribution in [0.5, 0.6) is 23.0 Å². The molecule has 0 aromatic heterocycles. The van der Waals surface area contributed by atoms with Gasteiger partial charge in [-0.3, -0.25) is 9.80 Å². The van der Waals surface area contributed by atoms with Crippen LogP contribution >= 0.6 is 0 Å². The highest BCUT2D eigenvalue weighted by Crippen LogP contribution is 2.36. The summed E-state index contributed by atoms with van der Waals surface area (Å²) in [4.78, 5) is 4.68. The highest BCUT2D eigenvalue weighted by atomic mass is 16.5. The summed E-state index contributed by atoms with van der Waals surface area (Å²) >= 11 is 0. The third kappa shape index (κ3) is 4.39. The molecule has 28 heavy (non-hydrogen) atoms. The highest BCUT2D eigenvalue weighted by Gasteiger charge is 2.31. The summed E-state index contributed by atoms with van der Waals surface area (Å²) in [6.07, 6.45) is -0.0591. The minimum atomic E-state index is -0.0591. The molecule has 0 saturated carbocycles. The van der Waals surface area contributed by atoms with Gasteiger partial charge in [-0.25, -0.2) is 0 Å². The third-order valence-corrected chi connectivity index (χ3v) is 5.13. The standard InChI is InChI=1S/C21H26N2O5/c24-16-1-3-17(4-2-16)28-18-5-6-20(25)19(15-18)21(22-7-11-26-12-8-22)23-9-13-27-14-10-23/h1-6,15,21,24-25H,7-14H2. The molecule has 2 fully saturated rings. The average molecular weight is 386 g/mol. The molecule has 2 heterocycles. The highest BCUT2D eigenvalue weighted by molar-refractivity contribution is 5.43. The van der Waals surface area contributed by atoms with Gasteiger partial charge < -0.3 is 24.4 Å². The smallest absolute Gasteiger partial charge is 0.128 e. The Balaban J connectivity index is 1.63. The molecule has 0 radical (unpaired) electrons. The fourth-order valence-electron chi connectivity index (χ4n) is 3.72. The van der Waals surface area contributed by atoms with Gasteiger partial charge >= 0.3 is 0 Å². The first kappa shape index (κ1) is 19.0. The first-order chi connectivity index (χ1) is 13.7. The summed E-state index contributed by atoms with van der Waals surface area (Å²) in [7, 11) is 0. The van der Waals surface area contributed by atoms with Crippen molar-refractivity contribution in [2.24, 2.45) is 0 Å². The molecule has 0 atom stereocenters. The predicted molar refractivity (Wildman–Crippen MR) is 104 cm³/mol. The number of rotatable bonds is 5. The van der Waals surface area contributed by atoms with Crippen LogP contribution in [0.3, 0.4) is 0 Å². The number of aromatic hydroxyl groups is 2. The Kier molecular flexibility index (Phi) is 5.97. The Hall–Kier alpha value is -2.32. The molecular formula is C21H26N2O5. The van der Waals surface area contributed by atoms with E-state index < -0.39 is 0 Å². The molecule has 0 spiro atoms. The number of ether oxygens (including phenoxy) is 3. The van der Waals surface area contributed by atoms with Crippen LogP contribution in [0.4, 0.5) is 0 Å². The zero-order valence-electron chi connectivity index (χ0n) is 15.8. The topological polar surface area (TPSA) is 74.6 Å². The molecule has 2 saturated heterocycles. The molecule has 4 rings (SSSR count). The SMILES string of the molecule is Oc1ccc(Oc2ccc(O)c(C(N3CCOCC3)N3CCOCC3)c2)cc1. The van der Waals surface area contributed by atoms with Gasteiger partial charge in [-0.15, -0.1) is 0 Å². The summed E-state index contributed by atoms with van der Waals surface area (Å²) in [6.45, 7) is 5.98. The van der Waals surface area contributed by atoms with Crippen LogP contribution in [-0.4, -0.2) is 72.6 Å². The summed E-state index contributed by atoms with van der Waals surface area (Å²) in [5, 5.41) is 20.1. The van der Waals surface area contributed by atoms with Gasteiger partial charge in [0, 0.05) is 31.7 Å². The molecule has 2 aliphatic heterocycles. The quantitative estimate of drug-likeness (QED) is 0.818. The van der Waals surface area contributed by atoms with Crippen LogP contribution < -0.4 is 4.74 Å². The molecule has 0 amide bonds. The maximum absolute atomic E-state index is 10.7. The average Bonchev–Trinajstić information content (AvgIpc) is 2.74. The lowest BCUT2D eigenvalue weighted by Gasteiger charge is -2.43. The van der Waals surface area contributed by atoms with Crippen LogP contribution in [0.2, 0.25) is 0 Å². The molecule has 2 aromatic carbocycles. The number of phenolic OH excluding ortho intramolecular Hbond substituents is 2. The monoisotopic (exact) mass is 386 g/mol. The van der Waals surface area contributed by atoms with E-state index in [2.05, 4.69) is 9.80 Å². The van der Waals surface area contributed by atoms with Gasteiger partial charge in [0.05, 0.1) is 32.6 Å². The zero-order valence-corrected chi connectivity index (χ0v) is 15.8. The van der Waals surface area contributed by atoms with E-state index in [9.17, 15) is 10.2 Å². The van der Waals surface area contributed by atoms with E-state index in [1.807, 2.05) is 6.07 Å². The van der Waals surface area contributed by atoms with Gasteiger partial charge in [0.15, 0.2) is 0 Å². The molecular weight excluding hydrogens is 360 g/mol. The lowest BCUT2D eigenvalue weighted by Crippen LogP contribution is -2.50. The lowest BCUT2D eigenvalue weighted by atomic mass is 10.1. The van der Waals surface area contributed by atoms with Crippen molar-refractivity contribution in [2.45, 2.75) is 6.17 Å². The van der Waals surface area contributed by atoms with E-state index >= 15 is 0 Å². The fourth-order valence-corrected chi connectivity index (χ4v) is 3.72. The van der Waals surface area contributed by atoms with Crippen molar-refractivity contribution in [3.8, 4) is 23.0 Å². The minimum Gasteiger partial charge on any atom is -0.508 e. The molecule has 0 unspecified atom stereocenters. The Bertz CT molecular complexity index is 753. The molecule has 7 heteroatoms. The van der Waals surface area contributed by atoms with Crippen molar-refractivity contribution in [1.29, 1.82) is 0 Å². The van der Waals surface area contributed by atoms with E-state index in [1.165, 1.54) is 0 Å². The fraction of sp³-hybridized carbons (Fsp3) is 0.429. The molecule has 7 nitrogen and oxygen atoms in total. The first-order valence-electron chi connectivity index (χ1n) is 9.64. The molecule has 0 bridgehead atoms. The van der Waals surface area contributed by atoms with Gasteiger partial charge in [0.1, 0.15) is 23.0 Å². The normalized spacial score (nSPS) is 19.0. The number of phenols is 2. The van der Waals surface area contributed by atoms with Crippen molar-refractivity contribution in [3.05, 3.63) is 48.0 Å². The van der Waals surface area contributed by atoms with Crippen molar-refractivity contribution in [2.75, 3.05) is 52.6 Å². The van der Waals surface area contributed by atoms with Gasteiger partial charge in [-0.2, -0.15) is 0 Å². The molecule has 150 valence electrons. The van der Waals surface area contributed by atoms with Gasteiger partial charge in [-0.1, -0.05) is 0 Å². The van der Waals surface area contributed by atoms with E-state index in [-0.39, 0.29) is 17.7 Å². The van der Waals surface area contributed by atoms with Crippen LogP contribution in [0.25, 0.3) is 0 Å². The Morgan fingerprint density at radius 2 is 1.29 bits per heavy atom. The Morgan fingerprint density at radius 3 is 1.86 bits per heavy atom. The summed E-state index contributed by atoms with van der Waals surface area (Å²) in [6, 6.07) is 11.9. The van der Waals surface area contributed by atoms with Crippen LogP contribution in [0.15, 0.2) is 42.5 Å². The second-order valence-electron chi connectivity index (χ2n) is 6.99. The van der Waals surface area contributed by atoms with Gasteiger partial charge in [0.25, 0.3) is 0 Å². The number of hydrogen-bond donors (Lipinski definition) is 2. The second-order valence-corrected chi connectivity index (χ2v) is 6.99. The maximum Gasteiger partial charge on any atom is 0.128 e. The van der Waals surface area contributed by atoms with Gasteiger partial charge in [-0.05, 0) is 42.5 Å². The Morgan fingerprint density at radius 1 is 0.750 bits per heavy atom. The number of nitrogens with zero attached hydrogens (tertiary/aromatic N) is 2. The van der Waals surface area contributed by atoms with Crippen molar-refractivity contribution < 1.29 is 24.4 Å². The first-order valence-corrected chi connectivity index (χ1v) is 9.64. The molecule has 2 N–H and O–H groups in total. The van der Waals surface area contributed by atoms with Crippen LogP contribution in [-0.2, 0) is 9.47 Å². The predicted octanol–water partition coefficient (Wildman–Crippen LogP) is 2.55. The van der Waals surface area contributed by atoms with Crippen molar-refractivity contribution in [1.82, 2.24) is 9.80 Å². The summed E-state index contributed by atoms with van der Waals surface area (Å²) in [5.74, 6) is 1.72. The molecule has 2 aromatic rings. The van der Waals surface area contributed by atoms with Crippen molar-refractivity contribution in [3.63, 3.8) is 0 Å². The van der Waals surface area contributed by atoms with E-state index in [4.69, 9.17) is 14.2 Å². The number of hydrogen-bond acceptors (Lipinski definition) is 7. The second kappa shape index (κ2) is 8.79. The Labute approximate surface area is 164 Å². The number of morpholine rings is 2. The zero-order chi connectivity index (χ0) is 19.3.